The highest BCUT2D eigenvalue weighted by molar-refractivity contribution is 6.18. The molecule has 3 heteroatoms. The summed E-state index contributed by atoms with van der Waals surface area (Å²) in [4.78, 5) is 0. The number of rotatable bonds is 3. The monoisotopic (exact) mass is 224 g/mol. The van der Waals surface area contributed by atoms with Crippen LogP contribution >= 0.6 is 11.6 Å². The maximum atomic E-state index is 5.71. The molecule has 1 heterocycles. The third-order valence-corrected chi connectivity index (χ3v) is 2.62. The summed E-state index contributed by atoms with van der Waals surface area (Å²) in [5, 5.41) is 0. The topological polar surface area (TPSA) is 18.5 Å². The van der Waals surface area contributed by atoms with Crippen molar-refractivity contribution in [2.45, 2.75) is 12.5 Å². The zero-order chi connectivity index (χ0) is 10.7. The highest BCUT2D eigenvalue weighted by Crippen LogP contribution is 2.32. The van der Waals surface area contributed by atoms with E-state index in [0.29, 0.717) is 12.5 Å². The van der Waals surface area contributed by atoms with E-state index in [1.165, 1.54) is 5.56 Å². The third kappa shape index (κ3) is 2.26. The Morgan fingerprint density at radius 1 is 1.47 bits per heavy atom. The van der Waals surface area contributed by atoms with Crippen molar-refractivity contribution in [1.82, 2.24) is 0 Å². The van der Waals surface area contributed by atoms with Crippen LogP contribution in [0.4, 0.5) is 0 Å². The van der Waals surface area contributed by atoms with E-state index in [1.807, 2.05) is 24.3 Å². The van der Waals surface area contributed by atoms with Gasteiger partial charge in [0.1, 0.15) is 12.7 Å². The molecule has 1 atom stereocenters. The van der Waals surface area contributed by atoms with E-state index in [1.54, 1.807) is 0 Å². The van der Waals surface area contributed by atoms with Crippen LogP contribution < -0.4 is 9.47 Å². The molecule has 0 saturated carbocycles. The van der Waals surface area contributed by atoms with Gasteiger partial charge in [0.05, 0.1) is 5.88 Å². The number of hydrogen-bond donors (Lipinski definition) is 0. The van der Waals surface area contributed by atoms with Gasteiger partial charge < -0.3 is 9.47 Å². The Morgan fingerprint density at radius 2 is 2.33 bits per heavy atom. The lowest BCUT2D eigenvalue weighted by Crippen LogP contribution is -2.30. The number of hydrogen-bond acceptors (Lipinski definition) is 2. The van der Waals surface area contributed by atoms with Crippen LogP contribution in [-0.4, -0.2) is 18.6 Å². The number of halogens is 1. The maximum Gasteiger partial charge on any atom is 0.161 e. The van der Waals surface area contributed by atoms with Crippen LogP contribution in [0.2, 0.25) is 0 Å². The second-order valence-electron chi connectivity index (χ2n) is 3.48. The van der Waals surface area contributed by atoms with E-state index >= 15 is 0 Å². The van der Waals surface area contributed by atoms with Gasteiger partial charge in [-0.25, -0.2) is 0 Å². The van der Waals surface area contributed by atoms with Gasteiger partial charge in [0.2, 0.25) is 0 Å². The largest absolute Gasteiger partial charge is 0.486 e. The summed E-state index contributed by atoms with van der Waals surface area (Å²) in [6.07, 6.45) is 2.67. The predicted molar refractivity (Wildman–Crippen MR) is 61.0 cm³/mol. The summed E-state index contributed by atoms with van der Waals surface area (Å²) in [6.45, 7) is 4.23. The predicted octanol–water partition coefficient (Wildman–Crippen LogP) is 2.79. The van der Waals surface area contributed by atoms with Crippen LogP contribution in [-0.2, 0) is 6.42 Å². The van der Waals surface area contributed by atoms with Gasteiger partial charge in [0, 0.05) is 0 Å². The molecule has 0 aromatic heterocycles. The Balaban J connectivity index is 2.20. The third-order valence-electron chi connectivity index (χ3n) is 2.28. The lowest BCUT2D eigenvalue weighted by Gasteiger charge is -2.25. The molecule has 2 nitrogen and oxygen atoms in total. The standard InChI is InChI=1S/C12H13ClO2/c1-2-3-9-4-5-11-12(6-9)14-8-10(7-13)15-11/h2,4-6,10H,1,3,7-8H2. The van der Waals surface area contributed by atoms with E-state index in [4.69, 9.17) is 21.1 Å². The van der Waals surface area contributed by atoms with Gasteiger partial charge in [-0.05, 0) is 24.1 Å². The number of ether oxygens (including phenoxy) is 2. The van der Waals surface area contributed by atoms with E-state index in [9.17, 15) is 0 Å². The maximum absolute atomic E-state index is 5.71. The van der Waals surface area contributed by atoms with Gasteiger partial charge >= 0.3 is 0 Å². The molecule has 1 aliphatic heterocycles. The molecular weight excluding hydrogens is 212 g/mol. The summed E-state index contributed by atoms with van der Waals surface area (Å²) >= 11 is 5.71. The Labute approximate surface area is 94.5 Å². The highest BCUT2D eigenvalue weighted by atomic mass is 35.5. The fourth-order valence-corrected chi connectivity index (χ4v) is 1.68. The van der Waals surface area contributed by atoms with Crippen molar-refractivity contribution in [3.05, 3.63) is 36.4 Å². The Kier molecular flexibility index (Phi) is 3.17. The summed E-state index contributed by atoms with van der Waals surface area (Å²) in [6, 6.07) is 5.93. The molecule has 0 spiro atoms. The SMILES string of the molecule is C=CCc1ccc2c(c1)OCC(CCl)O2. The molecule has 1 aromatic carbocycles. The summed E-state index contributed by atoms with van der Waals surface area (Å²) < 4.78 is 11.2. The molecule has 0 N–H and O–H groups in total. The van der Waals surface area contributed by atoms with Crippen LogP contribution in [0.25, 0.3) is 0 Å². The first-order valence-corrected chi connectivity index (χ1v) is 5.46. The Bertz CT molecular complexity index is 363. The second kappa shape index (κ2) is 4.58. The molecule has 0 bridgehead atoms. The molecule has 1 aromatic rings. The molecule has 1 unspecified atom stereocenters. The Morgan fingerprint density at radius 3 is 3.07 bits per heavy atom. The normalized spacial score (nSPS) is 18.6. The van der Waals surface area contributed by atoms with Crippen molar-refractivity contribution in [3.8, 4) is 11.5 Å². The first-order valence-electron chi connectivity index (χ1n) is 4.92. The first kappa shape index (κ1) is 10.4. The number of allylic oxidation sites excluding steroid dienone is 1. The molecule has 2 rings (SSSR count). The van der Waals surface area contributed by atoms with Crippen molar-refractivity contribution in [2.75, 3.05) is 12.5 Å². The molecule has 0 amide bonds. The van der Waals surface area contributed by atoms with Gasteiger partial charge in [-0.3, -0.25) is 0 Å². The molecule has 15 heavy (non-hydrogen) atoms. The van der Waals surface area contributed by atoms with Crippen LogP contribution in [0, 0.1) is 0 Å². The smallest absolute Gasteiger partial charge is 0.161 e. The number of fused-ring (bicyclic) bond motifs is 1. The molecule has 80 valence electrons. The second-order valence-corrected chi connectivity index (χ2v) is 3.79. The van der Waals surface area contributed by atoms with Crippen molar-refractivity contribution < 1.29 is 9.47 Å². The quantitative estimate of drug-likeness (QED) is 0.581. The van der Waals surface area contributed by atoms with Gasteiger partial charge in [-0.1, -0.05) is 12.1 Å². The van der Waals surface area contributed by atoms with Crippen molar-refractivity contribution in [3.63, 3.8) is 0 Å². The summed E-state index contributed by atoms with van der Waals surface area (Å²) in [5.41, 5.74) is 1.18. The zero-order valence-electron chi connectivity index (χ0n) is 8.41. The molecule has 0 saturated heterocycles. The van der Waals surface area contributed by atoms with Crippen molar-refractivity contribution >= 4 is 11.6 Å². The summed E-state index contributed by atoms with van der Waals surface area (Å²) in [5.74, 6) is 2.03. The van der Waals surface area contributed by atoms with E-state index in [0.717, 1.165) is 17.9 Å². The first-order chi connectivity index (χ1) is 7.33. The highest BCUT2D eigenvalue weighted by Gasteiger charge is 2.19. The fraction of sp³-hybridized carbons (Fsp3) is 0.333. The van der Waals surface area contributed by atoms with Gasteiger partial charge in [-0.15, -0.1) is 18.2 Å². The average molecular weight is 225 g/mol. The lowest BCUT2D eigenvalue weighted by molar-refractivity contribution is 0.106. The van der Waals surface area contributed by atoms with Gasteiger partial charge in [0.25, 0.3) is 0 Å². The van der Waals surface area contributed by atoms with Crippen molar-refractivity contribution in [1.29, 1.82) is 0 Å². The van der Waals surface area contributed by atoms with Crippen molar-refractivity contribution in [2.24, 2.45) is 0 Å². The van der Waals surface area contributed by atoms with Gasteiger partial charge in [-0.2, -0.15) is 0 Å². The van der Waals surface area contributed by atoms with Crippen LogP contribution in [0.1, 0.15) is 5.56 Å². The lowest BCUT2D eigenvalue weighted by atomic mass is 10.1. The minimum atomic E-state index is -0.0376. The van der Waals surface area contributed by atoms with Gasteiger partial charge in [0.15, 0.2) is 11.5 Å². The number of benzene rings is 1. The van der Waals surface area contributed by atoms with Crippen LogP contribution in [0.5, 0.6) is 11.5 Å². The Hall–Kier alpha value is -1.15. The van der Waals surface area contributed by atoms with Crippen LogP contribution in [0.15, 0.2) is 30.9 Å². The summed E-state index contributed by atoms with van der Waals surface area (Å²) in [7, 11) is 0. The van der Waals surface area contributed by atoms with E-state index in [-0.39, 0.29) is 6.10 Å². The molecular formula is C12H13ClO2. The van der Waals surface area contributed by atoms with E-state index in [2.05, 4.69) is 6.58 Å². The fourth-order valence-electron chi connectivity index (χ4n) is 1.53. The molecule has 0 fully saturated rings. The van der Waals surface area contributed by atoms with Crippen LogP contribution in [0.3, 0.4) is 0 Å². The molecule has 1 aliphatic rings. The molecule has 0 radical (unpaired) electrons. The zero-order valence-corrected chi connectivity index (χ0v) is 9.17. The average Bonchev–Trinajstić information content (AvgIpc) is 2.29. The van der Waals surface area contributed by atoms with E-state index < -0.39 is 0 Å². The number of alkyl halides is 1. The minimum absolute atomic E-state index is 0.0376. The molecule has 0 aliphatic carbocycles. The minimum Gasteiger partial charge on any atom is -0.486 e.